The summed E-state index contributed by atoms with van der Waals surface area (Å²) < 4.78 is 84.6. The van der Waals surface area contributed by atoms with Crippen molar-refractivity contribution in [3.63, 3.8) is 0 Å². The van der Waals surface area contributed by atoms with Crippen molar-refractivity contribution in [2.45, 2.75) is 63.9 Å². The topological polar surface area (TPSA) is 112 Å². The van der Waals surface area contributed by atoms with Gasteiger partial charge in [0.15, 0.2) is 4.90 Å². The van der Waals surface area contributed by atoms with Gasteiger partial charge in [0.1, 0.15) is 11.9 Å². The third-order valence-electron chi connectivity index (χ3n) is 5.13. The number of rotatable bonds is 7. The number of aromatic nitrogens is 2. The number of amides is 1. The summed E-state index contributed by atoms with van der Waals surface area (Å²) in [5.74, 6) is 0.157. The molecule has 2 heterocycles. The second-order valence-corrected chi connectivity index (χ2v) is 10.1. The van der Waals surface area contributed by atoms with E-state index in [-0.39, 0.29) is 41.1 Å². The van der Waals surface area contributed by atoms with Gasteiger partial charge in [-0.3, -0.25) is 14.3 Å². The maximum absolute atomic E-state index is 13.7. The minimum absolute atomic E-state index is 0.0133. The number of hydrogen-bond acceptors (Lipinski definition) is 7. The molecule has 14 heteroatoms. The summed E-state index contributed by atoms with van der Waals surface area (Å²) in [5.41, 5.74) is -2.63. The lowest BCUT2D eigenvalue weighted by Gasteiger charge is -2.34. The van der Waals surface area contributed by atoms with Crippen molar-refractivity contribution in [1.29, 1.82) is 0 Å². The van der Waals surface area contributed by atoms with Gasteiger partial charge in [0.2, 0.25) is 5.60 Å². The van der Waals surface area contributed by atoms with Crippen LogP contribution in [0.4, 0.5) is 29.3 Å². The number of nitrogens with one attached hydrogen (secondary N) is 1. The van der Waals surface area contributed by atoms with Crippen molar-refractivity contribution >= 4 is 27.5 Å². The Kier molecular flexibility index (Phi) is 7.16. The van der Waals surface area contributed by atoms with Gasteiger partial charge in [0.25, 0.3) is 15.9 Å². The van der Waals surface area contributed by atoms with Gasteiger partial charge in [-0.25, -0.2) is 13.2 Å². The van der Waals surface area contributed by atoms with Crippen LogP contribution in [0.15, 0.2) is 29.3 Å². The largest absolute Gasteiger partial charge is 0.487 e. The molecule has 0 saturated carbocycles. The molecule has 1 aliphatic heterocycles. The molecule has 194 valence electrons. The van der Waals surface area contributed by atoms with Crippen LogP contribution in [0.2, 0.25) is 0 Å². The van der Waals surface area contributed by atoms with Crippen LogP contribution < -0.4 is 19.1 Å². The first-order chi connectivity index (χ1) is 16.2. The maximum Gasteiger partial charge on any atom is 0.427 e. The highest BCUT2D eigenvalue weighted by molar-refractivity contribution is 7.93. The van der Waals surface area contributed by atoms with Gasteiger partial charge in [0, 0.05) is 18.4 Å². The average Bonchev–Trinajstić information content (AvgIpc) is 3.16. The van der Waals surface area contributed by atoms with Crippen LogP contribution in [-0.4, -0.2) is 55.3 Å². The van der Waals surface area contributed by atoms with Crippen LogP contribution in [-0.2, 0) is 21.3 Å². The van der Waals surface area contributed by atoms with E-state index in [2.05, 4.69) is 15.2 Å². The van der Waals surface area contributed by atoms with Gasteiger partial charge >= 0.3 is 12.3 Å². The molecule has 35 heavy (non-hydrogen) atoms. The predicted molar refractivity (Wildman–Crippen MR) is 120 cm³/mol. The molecular weight excluding hydrogens is 493 g/mol. The molecule has 1 N–H and O–H groups in total. The summed E-state index contributed by atoms with van der Waals surface area (Å²) >= 11 is 0. The number of nitrogens with zero attached hydrogens (tertiary/aromatic N) is 3. The van der Waals surface area contributed by atoms with E-state index < -0.39 is 34.0 Å². The fourth-order valence-electron chi connectivity index (χ4n) is 3.22. The summed E-state index contributed by atoms with van der Waals surface area (Å²) in [5, 5.41) is 6.37. The Bertz CT molecular complexity index is 1200. The van der Waals surface area contributed by atoms with E-state index in [1.807, 2.05) is 0 Å². The van der Waals surface area contributed by atoms with E-state index >= 15 is 0 Å². The number of aryl methyl sites for hydroxylation is 1. The number of anilines is 2. The number of sulfonamides is 1. The molecule has 1 unspecified atom stereocenters. The third kappa shape index (κ3) is 5.41. The van der Waals surface area contributed by atoms with Crippen molar-refractivity contribution in [2.75, 3.05) is 22.8 Å². The molecule has 1 aromatic heterocycles. The molecule has 0 spiro atoms. The molecule has 1 atom stereocenters. The fourth-order valence-corrected chi connectivity index (χ4v) is 4.84. The van der Waals surface area contributed by atoms with E-state index in [4.69, 9.17) is 9.47 Å². The lowest BCUT2D eigenvalue weighted by molar-refractivity contribution is -0.242. The number of carbonyl (C=O) groups excluding carboxylic acids is 1. The lowest BCUT2D eigenvalue weighted by atomic mass is 10.1. The van der Waals surface area contributed by atoms with Crippen LogP contribution in [0.25, 0.3) is 0 Å². The molecule has 0 bridgehead atoms. The highest BCUT2D eigenvalue weighted by Crippen LogP contribution is 2.40. The normalized spacial score (nSPS) is 16.3. The third-order valence-corrected chi connectivity index (χ3v) is 6.89. The first-order valence-electron chi connectivity index (χ1n) is 10.8. The van der Waals surface area contributed by atoms with Gasteiger partial charge in [-0.15, -0.1) is 5.10 Å². The van der Waals surface area contributed by atoms with E-state index in [1.165, 1.54) is 29.1 Å². The number of alkyl halides is 3. The Morgan fingerprint density at radius 1 is 1.29 bits per heavy atom. The lowest BCUT2D eigenvalue weighted by Crippen LogP contribution is -2.44. The first-order valence-corrected chi connectivity index (χ1v) is 12.2. The molecule has 0 radical (unpaired) electrons. The Morgan fingerprint density at radius 2 is 1.97 bits per heavy atom. The summed E-state index contributed by atoms with van der Waals surface area (Å²) in [4.78, 5) is 12.0. The van der Waals surface area contributed by atoms with Crippen molar-refractivity contribution in [1.82, 2.24) is 9.78 Å². The standard InChI is InChI=1S/C21H27F3N4O6S/c1-6-27-12-17(18(26-27)32-7-2)35(30,31)28-11-13(3)33-16-9-8-14(10-15(16)28)25-19(29)34-20(4,5)21(22,23)24/h8-10,12-13H,6-7,11H2,1-5H3,(H,25,29). The van der Waals surface area contributed by atoms with Gasteiger partial charge in [0.05, 0.1) is 18.8 Å². The molecule has 1 amide bonds. The number of fused-ring (bicyclic) bond motifs is 1. The van der Waals surface area contributed by atoms with Gasteiger partial charge in [-0.1, -0.05) is 0 Å². The highest BCUT2D eigenvalue weighted by atomic mass is 32.2. The van der Waals surface area contributed by atoms with Crippen LogP contribution in [0.5, 0.6) is 11.6 Å². The number of carbonyl (C=O) groups is 1. The minimum Gasteiger partial charge on any atom is -0.487 e. The number of benzene rings is 1. The van der Waals surface area contributed by atoms with Gasteiger partial charge in [-0.2, -0.15) is 13.2 Å². The molecule has 0 aliphatic carbocycles. The molecule has 0 fully saturated rings. The molecule has 2 aromatic rings. The van der Waals surface area contributed by atoms with Crippen molar-refractivity contribution in [2.24, 2.45) is 0 Å². The smallest absolute Gasteiger partial charge is 0.427 e. The molecule has 10 nitrogen and oxygen atoms in total. The zero-order valence-corrected chi connectivity index (χ0v) is 20.7. The van der Waals surface area contributed by atoms with Gasteiger partial charge < -0.3 is 14.2 Å². The van der Waals surface area contributed by atoms with E-state index in [1.54, 1.807) is 20.8 Å². The Labute approximate surface area is 201 Å². The predicted octanol–water partition coefficient (Wildman–Crippen LogP) is 4.17. The summed E-state index contributed by atoms with van der Waals surface area (Å²) in [6.45, 7) is 7.16. The number of hydrogen-bond donors (Lipinski definition) is 1. The zero-order chi connectivity index (χ0) is 26.2. The summed E-state index contributed by atoms with van der Waals surface area (Å²) in [6, 6.07) is 4.06. The van der Waals surface area contributed by atoms with Crippen LogP contribution >= 0.6 is 0 Å². The Morgan fingerprint density at radius 3 is 2.57 bits per heavy atom. The molecular formula is C21H27F3N4O6S. The zero-order valence-electron chi connectivity index (χ0n) is 19.8. The minimum atomic E-state index is -4.78. The second-order valence-electron chi connectivity index (χ2n) is 8.26. The molecule has 1 aliphatic rings. The monoisotopic (exact) mass is 520 g/mol. The molecule has 3 rings (SSSR count). The van der Waals surface area contributed by atoms with Crippen LogP contribution in [0.3, 0.4) is 0 Å². The van der Waals surface area contributed by atoms with E-state index in [0.717, 1.165) is 18.2 Å². The number of halogens is 3. The number of ether oxygens (including phenoxy) is 3. The van der Waals surface area contributed by atoms with Crippen LogP contribution in [0, 0.1) is 0 Å². The van der Waals surface area contributed by atoms with Crippen molar-refractivity contribution in [3.8, 4) is 11.6 Å². The molecule has 1 aromatic carbocycles. The first kappa shape index (κ1) is 26.4. The highest BCUT2D eigenvalue weighted by Gasteiger charge is 2.51. The summed E-state index contributed by atoms with van der Waals surface area (Å²) in [6.07, 6.45) is -5.28. The quantitative estimate of drug-likeness (QED) is 0.583. The maximum atomic E-state index is 13.7. The van der Waals surface area contributed by atoms with Crippen LogP contribution in [0.1, 0.15) is 34.6 Å². The van der Waals surface area contributed by atoms with E-state index in [0.29, 0.717) is 6.54 Å². The fraction of sp³-hybridized carbons (Fsp3) is 0.524. The van der Waals surface area contributed by atoms with Crippen molar-refractivity contribution in [3.05, 3.63) is 24.4 Å². The van der Waals surface area contributed by atoms with E-state index in [9.17, 15) is 26.4 Å². The summed E-state index contributed by atoms with van der Waals surface area (Å²) in [7, 11) is -4.19. The molecule has 0 saturated heterocycles. The van der Waals surface area contributed by atoms with Gasteiger partial charge in [-0.05, 0) is 52.8 Å². The second kappa shape index (κ2) is 9.47. The average molecular weight is 521 g/mol. The van der Waals surface area contributed by atoms with Crippen molar-refractivity contribution < 1.29 is 40.6 Å². The SMILES string of the molecule is CCOc1nn(CC)cc1S(=O)(=O)N1CC(C)Oc2ccc(NC(=O)OC(C)(C)C(F)(F)F)cc21. The Hall–Kier alpha value is -3.16. The Balaban J connectivity index is 1.96.